The molecule has 156 valence electrons. The summed E-state index contributed by atoms with van der Waals surface area (Å²) in [4.78, 5) is 0. The van der Waals surface area contributed by atoms with Gasteiger partial charge in [-0.2, -0.15) is 0 Å². The van der Waals surface area contributed by atoms with Crippen LogP contribution in [0.1, 0.15) is 33.3 Å². The molecule has 0 aromatic heterocycles. The van der Waals surface area contributed by atoms with Gasteiger partial charge < -0.3 is 28.4 Å². The molecule has 5 atom stereocenters. The van der Waals surface area contributed by atoms with Crippen molar-refractivity contribution in [2.45, 2.75) is 76.6 Å². The Morgan fingerprint density at radius 1 is 0.897 bits per heavy atom. The van der Waals surface area contributed by atoms with Gasteiger partial charge in [0.2, 0.25) is 0 Å². The van der Waals surface area contributed by atoms with Crippen molar-refractivity contribution < 1.29 is 28.4 Å². The Morgan fingerprint density at radius 3 is 2.45 bits per heavy atom. The van der Waals surface area contributed by atoms with Crippen LogP contribution in [0.2, 0.25) is 0 Å². The Hall–Kier alpha value is -1.54. The molecule has 3 aliphatic heterocycles. The molecular formula is C23H28O6. The molecule has 0 aliphatic carbocycles. The van der Waals surface area contributed by atoms with E-state index < -0.39 is 17.9 Å². The van der Waals surface area contributed by atoms with Crippen LogP contribution in [0.3, 0.4) is 0 Å². The zero-order valence-electron chi connectivity index (χ0n) is 17.3. The van der Waals surface area contributed by atoms with E-state index in [-0.39, 0.29) is 24.4 Å². The molecule has 29 heavy (non-hydrogen) atoms. The Labute approximate surface area is 171 Å². The van der Waals surface area contributed by atoms with Crippen LogP contribution in [0.15, 0.2) is 42.5 Å². The molecule has 5 rings (SSSR count). The summed E-state index contributed by atoms with van der Waals surface area (Å²) in [6.45, 7) is 8.51. The molecule has 0 bridgehead atoms. The number of ether oxygens (including phenoxy) is 6. The second kappa shape index (κ2) is 7.01. The number of benzene rings is 2. The summed E-state index contributed by atoms with van der Waals surface area (Å²) in [6, 6.07) is 14.7. The highest BCUT2D eigenvalue weighted by atomic mass is 16.8. The first-order valence-electron chi connectivity index (χ1n) is 10.2. The zero-order chi connectivity index (χ0) is 20.2. The van der Waals surface area contributed by atoms with Gasteiger partial charge >= 0.3 is 0 Å². The SMILES string of the molecule is CC1(C)O[C@H]2O[C@H]([C@H]3COC(C)(C)O3)[C@@H](OCc3ccc4ccccc4c3)[C@H]2O1. The molecule has 2 aromatic carbocycles. The van der Waals surface area contributed by atoms with Crippen LogP contribution in [-0.4, -0.2) is 48.9 Å². The Balaban J connectivity index is 1.35. The third kappa shape index (κ3) is 3.81. The Kier molecular flexibility index (Phi) is 4.70. The van der Waals surface area contributed by atoms with Crippen LogP contribution in [0.25, 0.3) is 10.8 Å². The molecule has 6 heteroatoms. The summed E-state index contributed by atoms with van der Waals surface area (Å²) in [7, 11) is 0. The maximum Gasteiger partial charge on any atom is 0.190 e. The summed E-state index contributed by atoms with van der Waals surface area (Å²) < 4.78 is 36.4. The van der Waals surface area contributed by atoms with E-state index >= 15 is 0 Å². The first-order valence-corrected chi connectivity index (χ1v) is 10.2. The van der Waals surface area contributed by atoms with Crippen LogP contribution in [0, 0.1) is 0 Å². The second-order valence-corrected chi connectivity index (χ2v) is 8.89. The molecule has 2 aromatic rings. The molecule has 0 saturated carbocycles. The van der Waals surface area contributed by atoms with Gasteiger partial charge in [0.05, 0.1) is 13.2 Å². The lowest BCUT2D eigenvalue weighted by Gasteiger charge is -2.29. The fourth-order valence-corrected chi connectivity index (χ4v) is 4.39. The third-order valence-corrected chi connectivity index (χ3v) is 5.68. The van der Waals surface area contributed by atoms with Gasteiger partial charge in [-0.15, -0.1) is 0 Å². The largest absolute Gasteiger partial charge is 0.368 e. The third-order valence-electron chi connectivity index (χ3n) is 5.68. The maximum absolute atomic E-state index is 6.37. The zero-order valence-corrected chi connectivity index (χ0v) is 17.3. The van der Waals surface area contributed by atoms with E-state index in [1.807, 2.05) is 39.8 Å². The smallest absolute Gasteiger partial charge is 0.190 e. The predicted molar refractivity (Wildman–Crippen MR) is 106 cm³/mol. The van der Waals surface area contributed by atoms with Crippen molar-refractivity contribution in [3.63, 3.8) is 0 Å². The van der Waals surface area contributed by atoms with E-state index in [2.05, 4.69) is 30.3 Å². The summed E-state index contributed by atoms with van der Waals surface area (Å²) in [6.07, 6.45) is -1.63. The Morgan fingerprint density at radius 2 is 1.69 bits per heavy atom. The molecule has 3 heterocycles. The van der Waals surface area contributed by atoms with E-state index in [4.69, 9.17) is 28.4 Å². The van der Waals surface area contributed by atoms with Crippen LogP contribution < -0.4 is 0 Å². The van der Waals surface area contributed by atoms with Gasteiger partial charge in [-0.25, -0.2) is 0 Å². The minimum atomic E-state index is -0.697. The normalized spacial score (nSPS) is 35.2. The van der Waals surface area contributed by atoms with Crippen molar-refractivity contribution in [2.24, 2.45) is 0 Å². The van der Waals surface area contributed by atoms with Crippen molar-refractivity contribution in [1.29, 1.82) is 0 Å². The van der Waals surface area contributed by atoms with E-state index in [0.29, 0.717) is 13.2 Å². The van der Waals surface area contributed by atoms with Crippen molar-refractivity contribution >= 4 is 10.8 Å². The number of hydrogen-bond donors (Lipinski definition) is 0. The van der Waals surface area contributed by atoms with Crippen LogP contribution in [-0.2, 0) is 35.0 Å². The fraction of sp³-hybridized carbons (Fsp3) is 0.565. The van der Waals surface area contributed by atoms with Crippen LogP contribution >= 0.6 is 0 Å². The monoisotopic (exact) mass is 400 g/mol. The fourth-order valence-electron chi connectivity index (χ4n) is 4.39. The van der Waals surface area contributed by atoms with Gasteiger partial charge in [-0.1, -0.05) is 36.4 Å². The van der Waals surface area contributed by atoms with E-state index in [1.54, 1.807) is 0 Å². The van der Waals surface area contributed by atoms with E-state index in [0.717, 1.165) is 5.56 Å². The van der Waals surface area contributed by atoms with Gasteiger partial charge in [0.1, 0.15) is 24.4 Å². The number of fused-ring (bicyclic) bond motifs is 2. The molecule has 3 aliphatic rings. The molecule has 0 unspecified atom stereocenters. The first-order chi connectivity index (χ1) is 13.8. The van der Waals surface area contributed by atoms with E-state index in [9.17, 15) is 0 Å². The van der Waals surface area contributed by atoms with E-state index in [1.165, 1.54) is 10.8 Å². The number of hydrogen-bond acceptors (Lipinski definition) is 6. The average Bonchev–Trinajstić information content (AvgIpc) is 3.28. The highest BCUT2D eigenvalue weighted by molar-refractivity contribution is 5.82. The second-order valence-electron chi connectivity index (χ2n) is 8.89. The van der Waals surface area contributed by atoms with Gasteiger partial charge in [-0.05, 0) is 50.1 Å². The minimum absolute atomic E-state index is 0.229. The molecular weight excluding hydrogens is 372 g/mol. The highest BCUT2D eigenvalue weighted by Gasteiger charge is 2.58. The van der Waals surface area contributed by atoms with Crippen molar-refractivity contribution in [2.75, 3.05) is 6.61 Å². The Bertz CT molecular complexity index is 894. The highest BCUT2D eigenvalue weighted by Crippen LogP contribution is 2.42. The lowest BCUT2D eigenvalue weighted by atomic mass is 10.1. The summed E-state index contributed by atoms with van der Waals surface area (Å²) in [5, 5.41) is 2.41. The van der Waals surface area contributed by atoms with Crippen LogP contribution in [0.4, 0.5) is 0 Å². The lowest BCUT2D eigenvalue weighted by molar-refractivity contribution is -0.236. The van der Waals surface area contributed by atoms with Gasteiger partial charge in [-0.3, -0.25) is 0 Å². The quantitative estimate of drug-likeness (QED) is 0.779. The molecule has 0 amide bonds. The maximum atomic E-state index is 6.37. The van der Waals surface area contributed by atoms with Crippen LogP contribution in [0.5, 0.6) is 0 Å². The summed E-state index contributed by atoms with van der Waals surface area (Å²) in [5.41, 5.74) is 1.10. The number of rotatable bonds is 4. The summed E-state index contributed by atoms with van der Waals surface area (Å²) in [5.74, 6) is -1.33. The van der Waals surface area contributed by atoms with Gasteiger partial charge in [0.25, 0.3) is 0 Å². The molecule has 6 nitrogen and oxygen atoms in total. The van der Waals surface area contributed by atoms with Crippen molar-refractivity contribution in [1.82, 2.24) is 0 Å². The lowest BCUT2D eigenvalue weighted by Crippen LogP contribution is -2.44. The molecule has 0 spiro atoms. The molecule has 3 fully saturated rings. The summed E-state index contributed by atoms with van der Waals surface area (Å²) >= 11 is 0. The molecule has 0 N–H and O–H groups in total. The minimum Gasteiger partial charge on any atom is -0.368 e. The topological polar surface area (TPSA) is 55.4 Å². The average molecular weight is 400 g/mol. The van der Waals surface area contributed by atoms with Crippen molar-refractivity contribution in [3.05, 3.63) is 48.0 Å². The van der Waals surface area contributed by atoms with Gasteiger partial charge in [0, 0.05) is 0 Å². The first kappa shape index (κ1) is 19.4. The predicted octanol–water partition coefficient (Wildman–Crippen LogP) is 3.75. The van der Waals surface area contributed by atoms with Gasteiger partial charge in [0.15, 0.2) is 17.9 Å². The molecule has 0 radical (unpaired) electrons. The molecule has 3 saturated heterocycles. The van der Waals surface area contributed by atoms with Crippen molar-refractivity contribution in [3.8, 4) is 0 Å². The standard InChI is InChI=1S/C23H28O6/c1-22(2)25-13-17(27-22)18-19(20-21(26-18)29-23(3,4)28-20)24-12-14-9-10-15-7-5-6-8-16(15)11-14/h5-11,17-21H,12-13H2,1-4H3/t17-,18-,19-,20-,21-/m1/s1.